The van der Waals surface area contributed by atoms with Crippen LogP contribution in [0.15, 0.2) is 24.3 Å². The number of rotatable bonds is 4. The van der Waals surface area contributed by atoms with Gasteiger partial charge in [0.1, 0.15) is 0 Å². The second-order valence-electron chi connectivity index (χ2n) is 4.13. The molecule has 6 nitrogen and oxygen atoms in total. The quantitative estimate of drug-likeness (QED) is 0.488. The van der Waals surface area contributed by atoms with Crippen LogP contribution in [0, 0.1) is 17.0 Å². The summed E-state index contributed by atoms with van der Waals surface area (Å²) in [5.41, 5.74) is 1.38. The molecule has 7 heteroatoms. The number of nitrogens with zero attached hydrogens (tertiary/aromatic N) is 3. The summed E-state index contributed by atoms with van der Waals surface area (Å²) in [4.78, 5) is 18.4. The van der Waals surface area contributed by atoms with Crippen LogP contribution in [-0.4, -0.2) is 14.9 Å². The van der Waals surface area contributed by atoms with E-state index < -0.39 is 4.92 Å². The number of aromatic nitrogens is 2. The number of hydrogen-bond donors (Lipinski definition) is 0. The van der Waals surface area contributed by atoms with E-state index in [9.17, 15) is 10.1 Å². The Morgan fingerprint density at radius 1 is 1.35 bits per heavy atom. The molecule has 1 heterocycles. The fraction of sp³-hybridized carbons (Fsp3) is 0.231. The summed E-state index contributed by atoms with van der Waals surface area (Å²) in [6.45, 7) is 3.65. The Labute approximate surface area is 120 Å². The Balaban J connectivity index is 2.39. The van der Waals surface area contributed by atoms with E-state index in [-0.39, 0.29) is 22.6 Å². The average molecular weight is 294 g/mol. The second kappa shape index (κ2) is 5.83. The van der Waals surface area contributed by atoms with Crippen LogP contribution < -0.4 is 4.74 Å². The van der Waals surface area contributed by atoms with Crippen molar-refractivity contribution in [2.45, 2.75) is 20.3 Å². The third kappa shape index (κ3) is 3.21. The minimum absolute atomic E-state index is 0.0350. The van der Waals surface area contributed by atoms with Crippen molar-refractivity contribution in [3.63, 3.8) is 0 Å². The fourth-order valence-corrected chi connectivity index (χ4v) is 1.90. The first-order chi connectivity index (χ1) is 9.49. The van der Waals surface area contributed by atoms with E-state index >= 15 is 0 Å². The van der Waals surface area contributed by atoms with Crippen molar-refractivity contribution in [2.24, 2.45) is 0 Å². The molecule has 0 aliphatic carbocycles. The predicted molar refractivity (Wildman–Crippen MR) is 74.3 cm³/mol. The molecule has 1 aromatic heterocycles. The van der Waals surface area contributed by atoms with Crippen LogP contribution in [0.5, 0.6) is 11.6 Å². The number of benzene rings is 1. The van der Waals surface area contributed by atoms with Crippen LogP contribution >= 0.6 is 11.6 Å². The van der Waals surface area contributed by atoms with Crippen molar-refractivity contribution < 1.29 is 9.66 Å². The molecule has 0 bridgehead atoms. The van der Waals surface area contributed by atoms with Crippen LogP contribution in [0.25, 0.3) is 0 Å². The largest absolute Gasteiger partial charge is 0.432 e. The topological polar surface area (TPSA) is 78.2 Å². The van der Waals surface area contributed by atoms with Crippen LogP contribution in [0.3, 0.4) is 0 Å². The van der Waals surface area contributed by atoms with Crippen molar-refractivity contribution in [3.05, 3.63) is 50.9 Å². The van der Waals surface area contributed by atoms with Crippen molar-refractivity contribution in [2.75, 3.05) is 0 Å². The summed E-state index contributed by atoms with van der Waals surface area (Å²) >= 11 is 5.73. The lowest BCUT2D eigenvalue weighted by Crippen LogP contribution is -1.97. The Hall–Kier alpha value is -2.21. The molecule has 0 atom stereocenters. The van der Waals surface area contributed by atoms with E-state index in [1.807, 2.05) is 6.92 Å². The number of nitro benzene ring substituents is 1. The molecular weight excluding hydrogens is 282 g/mol. The van der Waals surface area contributed by atoms with Gasteiger partial charge >= 0.3 is 5.69 Å². The standard InChI is InChI=1S/C13H12ClN3O3/c1-3-9-4-5-11(10(7-9)17(18)19)20-12-6-8(2)15-13(14)16-12/h4-7H,3H2,1-2H3. The maximum absolute atomic E-state index is 11.1. The highest BCUT2D eigenvalue weighted by Crippen LogP contribution is 2.32. The van der Waals surface area contributed by atoms with Gasteiger partial charge < -0.3 is 4.74 Å². The van der Waals surface area contributed by atoms with E-state index in [0.29, 0.717) is 12.1 Å². The lowest BCUT2D eigenvalue weighted by atomic mass is 10.1. The van der Waals surface area contributed by atoms with Gasteiger partial charge in [-0.1, -0.05) is 13.0 Å². The number of nitro groups is 1. The van der Waals surface area contributed by atoms with E-state index in [4.69, 9.17) is 16.3 Å². The van der Waals surface area contributed by atoms with Gasteiger partial charge in [-0.05, 0) is 36.6 Å². The molecule has 0 fully saturated rings. The molecule has 0 spiro atoms. The molecule has 0 aliphatic heterocycles. The monoisotopic (exact) mass is 293 g/mol. The summed E-state index contributed by atoms with van der Waals surface area (Å²) in [5, 5.41) is 11.1. The molecule has 0 amide bonds. The van der Waals surface area contributed by atoms with Gasteiger partial charge in [0.05, 0.1) is 4.92 Å². The van der Waals surface area contributed by atoms with E-state index in [1.165, 1.54) is 6.07 Å². The normalized spacial score (nSPS) is 10.3. The zero-order chi connectivity index (χ0) is 14.7. The Bertz CT molecular complexity index is 641. The molecular formula is C13H12ClN3O3. The highest BCUT2D eigenvalue weighted by molar-refractivity contribution is 6.28. The SMILES string of the molecule is CCc1ccc(Oc2cc(C)nc(Cl)n2)c([N+](=O)[O-])c1. The molecule has 2 rings (SSSR count). The number of hydrogen-bond acceptors (Lipinski definition) is 5. The lowest BCUT2D eigenvalue weighted by molar-refractivity contribution is -0.385. The maximum Gasteiger partial charge on any atom is 0.311 e. The summed E-state index contributed by atoms with van der Waals surface area (Å²) in [6, 6.07) is 6.38. The lowest BCUT2D eigenvalue weighted by Gasteiger charge is -2.07. The minimum atomic E-state index is -0.482. The summed E-state index contributed by atoms with van der Waals surface area (Å²) in [5.74, 6) is 0.302. The maximum atomic E-state index is 11.1. The molecule has 0 aliphatic rings. The second-order valence-corrected chi connectivity index (χ2v) is 4.47. The fourth-order valence-electron chi connectivity index (χ4n) is 1.68. The van der Waals surface area contributed by atoms with Crippen LogP contribution in [0.1, 0.15) is 18.2 Å². The average Bonchev–Trinajstić information content (AvgIpc) is 2.37. The Kier molecular flexibility index (Phi) is 4.14. The van der Waals surface area contributed by atoms with Gasteiger partial charge in [0.25, 0.3) is 0 Å². The van der Waals surface area contributed by atoms with E-state index in [2.05, 4.69) is 9.97 Å². The molecule has 0 unspecified atom stereocenters. The van der Waals surface area contributed by atoms with E-state index in [0.717, 1.165) is 5.56 Å². The summed E-state index contributed by atoms with van der Waals surface area (Å²) in [6.07, 6.45) is 0.708. The van der Waals surface area contributed by atoms with Crippen molar-refractivity contribution in [3.8, 4) is 11.6 Å². The zero-order valence-electron chi connectivity index (χ0n) is 11.0. The van der Waals surface area contributed by atoms with Gasteiger partial charge in [-0.3, -0.25) is 10.1 Å². The molecule has 104 valence electrons. The van der Waals surface area contributed by atoms with Crippen LogP contribution in [0.2, 0.25) is 5.28 Å². The predicted octanol–water partition coefficient (Wildman–Crippen LogP) is 3.70. The van der Waals surface area contributed by atoms with Gasteiger partial charge in [-0.25, -0.2) is 4.98 Å². The first-order valence-electron chi connectivity index (χ1n) is 5.96. The highest BCUT2D eigenvalue weighted by atomic mass is 35.5. The van der Waals surface area contributed by atoms with Gasteiger partial charge in [0.2, 0.25) is 16.9 Å². The molecule has 2 aromatic rings. The van der Waals surface area contributed by atoms with E-state index in [1.54, 1.807) is 25.1 Å². The molecule has 1 aromatic carbocycles. The van der Waals surface area contributed by atoms with Gasteiger partial charge in [-0.15, -0.1) is 0 Å². The molecule has 0 N–H and O–H groups in total. The molecule has 20 heavy (non-hydrogen) atoms. The third-order valence-electron chi connectivity index (χ3n) is 2.65. The van der Waals surface area contributed by atoms with Crippen molar-refractivity contribution in [1.29, 1.82) is 0 Å². The molecule has 0 saturated heterocycles. The minimum Gasteiger partial charge on any atom is -0.432 e. The first-order valence-corrected chi connectivity index (χ1v) is 6.33. The van der Waals surface area contributed by atoms with Crippen molar-refractivity contribution in [1.82, 2.24) is 9.97 Å². The van der Waals surface area contributed by atoms with Gasteiger partial charge in [0, 0.05) is 17.8 Å². The number of ether oxygens (including phenoxy) is 1. The Morgan fingerprint density at radius 3 is 2.70 bits per heavy atom. The summed E-state index contributed by atoms with van der Waals surface area (Å²) in [7, 11) is 0. The highest BCUT2D eigenvalue weighted by Gasteiger charge is 2.17. The number of halogens is 1. The van der Waals surface area contributed by atoms with Crippen LogP contribution in [0.4, 0.5) is 5.69 Å². The Morgan fingerprint density at radius 2 is 2.10 bits per heavy atom. The molecule has 0 radical (unpaired) electrons. The molecule has 0 saturated carbocycles. The smallest absolute Gasteiger partial charge is 0.311 e. The summed E-state index contributed by atoms with van der Waals surface area (Å²) < 4.78 is 5.45. The third-order valence-corrected chi connectivity index (χ3v) is 2.82. The number of aryl methyl sites for hydroxylation is 2. The van der Waals surface area contributed by atoms with Gasteiger partial charge in [-0.2, -0.15) is 4.98 Å². The van der Waals surface area contributed by atoms with Gasteiger partial charge in [0.15, 0.2) is 0 Å². The van der Waals surface area contributed by atoms with Crippen LogP contribution in [-0.2, 0) is 6.42 Å². The van der Waals surface area contributed by atoms with Crippen molar-refractivity contribution >= 4 is 17.3 Å². The first kappa shape index (κ1) is 14.2. The zero-order valence-corrected chi connectivity index (χ0v) is 11.7.